The maximum atomic E-state index is 11.1. The summed E-state index contributed by atoms with van der Waals surface area (Å²) in [6.45, 7) is 9.04. The quantitative estimate of drug-likeness (QED) is 0.502. The van der Waals surface area contributed by atoms with Gasteiger partial charge in [0.1, 0.15) is 18.3 Å². The lowest BCUT2D eigenvalue weighted by molar-refractivity contribution is 0.299. The molecule has 0 atom stereocenters. The number of hydrogen-bond donors (Lipinski definition) is 1. The fraction of sp³-hybridized carbons (Fsp3) is 0.619. The van der Waals surface area contributed by atoms with Crippen LogP contribution in [0, 0.1) is 0 Å². The van der Waals surface area contributed by atoms with Gasteiger partial charge < -0.3 is 9.84 Å². The van der Waals surface area contributed by atoms with E-state index in [9.17, 15) is 9.90 Å². The zero-order valence-corrected chi connectivity index (χ0v) is 15.7. The van der Waals surface area contributed by atoms with Gasteiger partial charge in [-0.25, -0.2) is 4.79 Å². The first-order valence-electron chi connectivity index (χ1n) is 9.01. The van der Waals surface area contributed by atoms with Gasteiger partial charge in [-0.1, -0.05) is 53.0 Å². The second kappa shape index (κ2) is 10.3. The number of hydrogen-bond acceptors (Lipinski definition) is 3. The fourth-order valence-corrected chi connectivity index (χ4v) is 2.54. The monoisotopic (exact) mass is 332 g/mol. The van der Waals surface area contributed by atoms with Crippen molar-refractivity contribution in [3.05, 3.63) is 34.9 Å². The molecule has 0 aromatic heterocycles. The minimum Gasteiger partial charge on any atom is -0.488 e. The Balaban J connectivity index is 2.75. The van der Waals surface area contributed by atoms with Crippen molar-refractivity contribution in [2.75, 3.05) is 13.2 Å². The predicted octanol–water partition coefficient (Wildman–Crippen LogP) is 4.63. The van der Waals surface area contributed by atoms with Crippen molar-refractivity contribution in [2.45, 2.75) is 71.6 Å². The molecule has 3 nitrogen and oxygen atoms in total. The third kappa shape index (κ3) is 7.33. The first-order chi connectivity index (χ1) is 11.4. The molecule has 0 aliphatic carbocycles. The van der Waals surface area contributed by atoms with Gasteiger partial charge >= 0.3 is 0 Å². The molecule has 0 radical (unpaired) electrons. The molecule has 1 aromatic rings. The maximum absolute atomic E-state index is 11.1. The number of carbonyl (C=O) groups excluding carboxylic acids is 1. The van der Waals surface area contributed by atoms with E-state index >= 15 is 0 Å². The van der Waals surface area contributed by atoms with Crippen molar-refractivity contribution in [1.29, 1.82) is 0 Å². The summed E-state index contributed by atoms with van der Waals surface area (Å²) in [6.07, 6.45) is 5.90. The average molecular weight is 332 g/mol. The Kier molecular flexibility index (Phi) is 8.81. The molecule has 0 bridgehead atoms. The van der Waals surface area contributed by atoms with E-state index in [1.807, 2.05) is 18.1 Å². The summed E-state index contributed by atoms with van der Waals surface area (Å²) in [4.78, 5) is 11.1. The zero-order chi connectivity index (χ0) is 18.0. The van der Waals surface area contributed by atoms with Crippen LogP contribution in [0.4, 0.5) is 0 Å². The summed E-state index contributed by atoms with van der Waals surface area (Å²) in [5.41, 5.74) is 2.92. The van der Waals surface area contributed by atoms with Crippen LogP contribution in [0.2, 0.25) is 0 Å². The van der Waals surface area contributed by atoms with Crippen molar-refractivity contribution in [2.24, 2.45) is 0 Å². The van der Waals surface area contributed by atoms with E-state index in [0.29, 0.717) is 18.6 Å². The molecular formula is C21H32O3. The molecule has 0 saturated heterocycles. The van der Waals surface area contributed by atoms with Crippen molar-refractivity contribution in [1.82, 2.24) is 0 Å². The predicted molar refractivity (Wildman–Crippen MR) is 99.4 cm³/mol. The molecule has 0 fully saturated rings. The van der Waals surface area contributed by atoms with Crippen LogP contribution in [-0.2, 0) is 16.6 Å². The Morgan fingerprint density at radius 2 is 1.92 bits per heavy atom. The summed E-state index contributed by atoms with van der Waals surface area (Å²) >= 11 is 0. The van der Waals surface area contributed by atoms with Gasteiger partial charge in [-0.2, -0.15) is 0 Å². The highest BCUT2D eigenvalue weighted by molar-refractivity contribution is 5.52. The molecule has 1 aromatic carbocycles. The lowest BCUT2D eigenvalue weighted by atomic mass is 9.85. The van der Waals surface area contributed by atoms with Gasteiger partial charge in [0.25, 0.3) is 0 Å². The smallest absolute Gasteiger partial charge is 0.127 e. The topological polar surface area (TPSA) is 46.5 Å². The Bertz CT molecular complexity index is 549. The van der Waals surface area contributed by atoms with E-state index in [2.05, 4.69) is 33.8 Å². The second-order valence-corrected chi connectivity index (χ2v) is 7.39. The minimum absolute atomic E-state index is 0.00700. The van der Waals surface area contributed by atoms with Gasteiger partial charge in [-0.05, 0) is 47.9 Å². The third-order valence-electron chi connectivity index (χ3n) is 4.12. The van der Waals surface area contributed by atoms with Crippen LogP contribution in [0.25, 0.3) is 0 Å². The van der Waals surface area contributed by atoms with E-state index in [1.165, 1.54) is 18.4 Å². The van der Waals surface area contributed by atoms with Gasteiger partial charge in [0, 0.05) is 6.61 Å². The number of unbranched alkanes of at least 4 members (excludes halogenated alkanes) is 3. The van der Waals surface area contributed by atoms with E-state index in [0.717, 1.165) is 30.6 Å². The first kappa shape index (κ1) is 20.5. The molecule has 0 unspecified atom stereocenters. The molecule has 0 saturated carbocycles. The lowest BCUT2D eigenvalue weighted by Crippen LogP contribution is -2.12. The molecule has 0 aliphatic rings. The first-order valence-corrected chi connectivity index (χ1v) is 9.01. The summed E-state index contributed by atoms with van der Waals surface area (Å²) in [7, 11) is 0. The van der Waals surface area contributed by atoms with E-state index in [1.54, 1.807) is 0 Å². The Hall–Kier alpha value is -1.57. The van der Waals surface area contributed by atoms with Crippen molar-refractivity contribution >= 4 is 5.94 Å². The van der Waals surface area contributed by atoms with Crippen LogP contribution < -0.4 is 4.74 Å². The number of ether oxygens (including phenoxy) is 1. The third-order valence-corrected chi connectivity index (χ3v) is 4.12. The van der Waals surface area contributed by atoms with Crippen LogP contribution in [0.1, 0.15) is 70.9 Å². The summed E-state index contributed by atoms with van der Waals surface area (Å²) < 4.78 is 5.86. The number of aliphatic hydroxyl groups excluding tert-OH is 1. The van der Waals surface area contributed by atoms with Crippen LogP contribution in [0.15, 0.2) is 23.8 Å². The zero-order valence-electron chi connectivity index (χ0n) is 15.7. The SMILES string of the molecule is CCCCCCC(=C=O)COc1cc(CCO)cc(C(C)(C)C)c1. The molecule has 0 spiro atoms. The molecule has 134 valence electrons. The van der Waals surface area contributed by atoms with E-state index in [-0.39, 0.29) is 12.0 Å². The summed E-state index contributed by atoms with van der Waals surface area (Å²) in [5.74, 6) is 2.79. The van der Waals surface area contributed by atoms with Crippen LogP contribution in [0.3, 0.4) is 0 Å². The lowest BCUT2D eigenvalue weighted by Gasteiger charge is -2.21. The Morgan fingerprint density at radius 1 is 1.17 bits per heavy atom. The average Bonchev–Trinajstić information content (AvgIpc) is 2.53. The Labute approximate surface area is 146 Å². The minimum atomic E-state index is 0.00700. The van der Waals surface area contributed by atoms with Crippen LogP contribution in [0.5, 0.6) is 5.75 Å². The highest BCUT2D eigenvalue weighted by Gasteiger charge is 2.16. The van der Waals surface area contributed by atoms with E-state index < -0.39 is 0 Å². The van der Waals surface area contributed by atoms with Gasteiger partial charge in [-0.15, -0.1) is 0 Å². The molecule has 0 aliphatic heterocycles. The normalized spacial score (nSPS) is 11.2. The molecule has 0 heterocycles. The van der Waals surface area contributed by atoms with Crippen molar-refractivity contribution in [3.63, 3.8) is 0 Å². The van der Waals surface area contributed by atoms with Gasteiger partial charge in [0.2, 0.25) is 0 Å². The number of aliphatic hydroxyl groups is 1. The van der Waals surface area contributed by atoms with Crippen molar-refractivity contribution < 1.29 is 14.6 Å². The van der Waals surface area contributed by atoms with E-state index in [4.69, 9.17) is 4.74 Å². The number of rotatable bonds is 10. The molecule has 24 heavy (non-hydrogen) atoms. The Morgan fingerprint density at radius 3 is 2.50 bits per heavy atom. The largest absolute Gasteiger partial charge is 0.488 e. The standard InChI is InChI=1S/C21H32O3/c1-5-6-7-8-9-18(15-23)16-24-20-13-17(10-11-22)12-19(14-20)21(2,3)4/h12-14,22H,5-11,16H2,1-4H3. The maximum Gasteiger partial charge on any atom is 0.127 e. The van der Waals surface area contributed by atoms with Gasteiger partial charge in [0.05, 0.1) is 5.57 Å². The molecule has 0 amide bonds. The van der Waals surface area contributed by atoms with Crippen LogP contribution >= 0.6 is 0 Å². The fourth-order valence-electron chi connectivity index (χ4n) is 2.54. The molecule has 1 rings (SSSR count). The van der Waals surface area contributed by atoms with Gasteiger partial charge in [0.15, 0.2) is 0 Å². The summed E-state index contributed by atoms with van der Waals surface area (Å²) in [5, 5.41) is 9.21. The highest BCUT2D eigenvalue weighted by atomic mass is 16.5. The molecular weight excluding hydrogens is 300 g/mol. The second-order valence-electron chi connectivity index (χ2n) is 7.39. The van der Waals surface area contributed by atoms with Crippen molar-refractivity contribution in [3.8, 4) is 5.75 Å². The summed E-state index contributed by atoms with van der Waals surface area (Å²) in [6, 6.07) is 6.09. The number of benzene rings is 1. The molecule has 3 heteroatoms. The van der Waals surface area contributed by atoms with Gasteiger partial charge in [-0.3, -0.25) is 0 Å². The highest BCUT2D eigenvalue weighted by Crippen LogP contribution is 2.28. The molecule has 1 N–H and O–H groups in total. The van der Waals surface area contributed by atoms with Crippen LogP contribution in [-0.4, -0.2) is 24.3 Å².